The number of ether oxygens (including phenoxy) is 1. The third kappa shape index (κ3) is 3.14. The molecular formula is C23H22BrFN2O2. The van der Waals surface area contributed by atoms with Crippen LogP contribution < -0.4 is 4.74 Å². The molecule has 1 aliphatic carbocycles. The quantitative estimate of drug-likeness (QED) is 0.564. The molecule has 2 atom stereocenters. The zero-order valence-corrected chi connectivity index (χ0v) is 17.9. The van der Waals surface area contributed by atoms with E-state index >= 15 is 0 Å². The first-order valence-electron chi connectivity index (χ1n) is 9.77. The van der Waals surface area contributed by atoms with Gasteiger partial charge >= 0.3 is 0 Å². The van der Waals surface area contributed by atoms with Crippen LogP contribution in [0.15, 0.2) is 63.9 Å². The van der Waals surface area contributed by atoms with Gasteiger partial charge < -0.3 is 9.84 Å². The summed E-state index contributed by atoms with van der Waals surface area (Å²) < 4.78 is 20.9. The van der Waals surface area contributed by atoms with Crippen LogP contribution in [0, 0.1) is 11.2 Å². The summed E-state index contributed by atoms with van der Waals surface area (Å²) in [7, 11) is 0. The van der Waals surface area contributed by atoms with Crippen molar-refractivity contribution in [3.05, 3.63) is 75.7 Å². The van der Waals surface area contributed by atoms with Crippen molar-refractivity contribution in [1.29, 1.82) is 0 Å². The molecule has 2 aliphatic heterocycles. The van der Waals surface area contributed by atoms with Gasteiger partial charge in [-0.1, -0.05) is 41.9 Å². The van der Waals surface area contributed by atoms with Crippen LogP contribution in [-0.4, -0.2) is 21.6 Å². The summed E-state index contributed by atoms with van der Waals surface area (Å²) in [6.07, 6.45) is 3.82. The molecule has 5 rings (SSSR count). The van der Waals surface area contributed by atoms with Crippen LogP contribution in [0.25, 0.3) is 0 Å². The Morgan fingerprint density at radius 3 is 2.69 bits per heavy atom. The number of nitrogens with zero attached hydrogens (tertiary/aromatic N) is 2. The third-order valence-electron chi connectivity index (χ3n) is 5.88. The third-order valence-corrected chi connectivity index (χ3v) is 6.37. The van der Waals surface area contributed by atoms with Gasteiger partial charge in [0.15, 0.2) is 0 Å². The molecule has 0 fully saturated rings. The first-order valence-corrected chi connectivity index (χ1v) is 10.6. The molecule has 2 heterocycles. The topological polar surface area (TPSA) is 45.1 Å². The highest BCUT2D eigenvalue weighted by atomic mass is 79.9. The Bertz CT molecular complexity index is 1050. The number of benzene rings is 2. The van der Waals surface area contributed by atoms with Gasteiger partial charge in [-0.2, -0.15) is 5.10 Å². The first-order chi connectivity index (χ1) is 13.7. The van der Waals surface area contributed by atoms with Crippen molar-refractivity contribution in [3.8, 4) is 5.75 Å². The fraction of sp³-hybridized carbons (Fsp3) is 0.348. The lowest BCUT2D eigenvalue weighted by Crippen LogP contribution is -2.56. The summed E-state index contributed by atoms with van der Waals surface area (Å²) in [6, 6.07) is 12.4. The molecule has 29 heavy (non-hydrogen) atoms. The minimum atomic E-state index is -0.848. The van der Waals surface area contributed by atoms with E-state index in [1.165, 1.54) is 12.1 Å². The largest absolute Gasteiger partial charge is 0.512 e. The van der Waals surface area contributed by atoms with Crippen LogP contribution in [0.3, 0.4) is 0 Å². The molecular weight excluding hydrogens is 435 g/mol. The summed E-state index contributed by atoms with van der Waals surface area (Å²) in [4.78, 5) is 0. The van der Waals surface area contributed by atoms with E-state index in [1.807, 2.05) is 23.2 Å². The number of hydrogen-bond acceptors (Lipinski definition) is 4. The molecule has 1 N–H and O–H groups in total. The van der Waals surface area contributed by atoms with Crippen LogP contribution in [-0.2, 0) is 0 Å². The van der Waals surface area contributed by atoms with Gasteiger partial charge in [0.25, 0.3) is 0 Å². The van der Waals surface area contributed by atoms with Crippen molar-refractivity contribution in [3.63, 3.8) is 0 Å². The highest BCUT2D eigenvalue weighted by Gasteiger charge is 2.53. The maximum absolute atomic E-state index is 13.4. The molecule has 6 heteroatoms. The van der Waals surface area contributed by atoms with E-state index in [0.29, 0.717) is 25.0 Å². The lowest BCUT2D eigenvalue weighted by Gasteiger charge is -2.50. The Morgan fingerprint density at radius 2 is 1.97 bits per heavy atom. The standard InChI is InChI=1S/C23H22BrFN2O2/c1-22(2)11-17(28)12-23(13-22)27-20(18-9-15(24)5-8-21(18)29-23)10-19(26-27)14-3-6-16(25)7-4-14/h3-9,12,20,28H,10-11,13H2,1-2H3. The minimum absolute atomic E-state index is 0.0192. The van der Waals surface area contributed by atoms with Gasteiger partial charge in [-0.25, -0.2) is 9.40 Å². The summed E-state index contributed by atoms with van der Waals surface area (Å²) in [5.74, 6) is 0.874. The summed E-state index contributed by atoms with van der Waals surface area (Å²) in [6.45, 7) is 4.27. The summed E-state index contributed by atoms with van der Waals surface area (Å²) >= 11 is 3.57. The van der Waals surface area contributed by atoms with Gasteiger partial charge in [0.1, 0.15) is 11.6 Å². The number of fused-ring (bicyclic) bond motifs is 4. The second-order valence-corrected chi connectivity index (χ2v) is 9.82. The molecule has 2 aromatic carbocycles. The van der Waals surface area contributed by atoms with E-state index < -0.39 is 5.72 Å². The zero-order valence-electron chi connectivity index (χ0n) is 16.3. The van der Waals surface area contributed by atoms with Crippen LogP contribution in [0.4, 0.5) is 4.39 Å². The minimum Gasteiger partial charge on any atom is -0.512 e. The lowest BCUT2D eigenvalue weighted by molar-refractivity contribution is -0.115. The number of allylic oxidation sites excluding steroid dienone is 1. The number of aliphatic hydroxyl groups excluding tert-OH is 1. The number of hydrazone groups is 1. The smallest absolute Gasteiger partial charge is 0.221 e. The average molecular weight is 457 g/mol. The van der Waals surface area contributed by atoms with Crippen LogP contribution in [0.1, 0.15) is 50.3 Å². The Hall–Kier alpha value is -2.34. The first kappa shape index (κ1) is 18.7. The fourth-order valence-corrected chi connectivity index (χ4v) is 5.22. The Balaban J connectivity index is 1.66. The Morgan fingerprint density at radius 1 is 1.21 bits per heavy atom. The van der Waals surface area contributed by atoms with Crippen molar-refractivity contribution in [1.82, 2.24) is 5.01 Å². The van der Waals surface area contributed by atoms with E-state index in [4.69, 9.17) is 9.84 Å². The molecule has 0 radical (unpaired) electrons. The van der Waals surface area contributed by atoms with Crippen molar-refractivity contribution >= 4 is 21.6 Å². The van der Waals surface area contributed by atoms with Crippen LogP contribution >= 0.6 is 15.9 Å². The van der Waals surface area contributed by atoms with Crippen LogP contribution in [0.5, 0.6) is 5.75 Å². The van der Waals surface area contributed by atoms with Gasteiger partial charge in [-0.05, 0) is 41.3 Å². The van der Waals surface area contributed by atoms with Gasteiger partial charge in [0.05, 0.1) is 17.5 Å². The number of hydrogen-bond donors (Lipinski definition) is 1. The van der Waals surface area contributed by atoms with Crippen molar-refractivity contribution in [2.24, 2.45) is 10.5 Å². The monoisotopic (exact) mass is 456 g/mol. The van der Waals surface area contributed by atoms with E-state index in [1.54, 1.807) is 12.1 Å². The lowest BCUT2D eigenvalue weighted by atomic mass is 9.75. The normalized spacial score (nSPS) is 27.0. The zero-order chi connectivity index (χ0) is 20.4. The van der Waals surface area contributed by atoms with Crippen molar-refractivity contribution < 1.29 is 14.2 Å². The Kier molecular flexibility index (Phi) is 4.07. The highest BCUT2D eigenvalue weighted by molar-refractivity contribution is 9.10. The van der Waals surface area contributed by atoms with Crippen LogP contribution in [0.2, 0.25) is 0 Å². The van der Waals surface area contributed by atoms with E-state index in [-0.39, 0.29) is 17.3 Å². The molecule has 150 valence electrons. The van der Waals surface area contributed by atoms with Crippen molar-refractivity contribution in [2.75, 3.05) is 0 Å². The number of aliphatic hydroxyl groups is 1. The van der Waals surface area contributed by atoms with Gasteiger partial charge in [-0.15, -0.1) is 0 Å². The Labute approximate surface area is 177 Å². The van der Waals surface area contributed by atoms with E-state index in [0.717, 1.165) is 27.1 Å². The molecule has 0 aromatic heterocycles. The summed E-state index contributed by atoms with van der Waals surface area (Å²) in [5.41, 5.74) is 1.86. The predicted octanol–water partition coefficient (Wildman–Crippen LogP) is 6.09. The molecule has 4 nitrogen and oxygen atoms in total. The molecule has 0 saturated carbocycles. The molecule has 2 unspecified atom stereocenters. The molecule has 2 aromatic rings. The van der Waals surface area contributed by atoms with Crippen molar-refractivity contribution in [2.45, 2.75) is 44.9 Å². The predicted molar refractivity (Wildman–Crippen MR) is 113 cm³/mol. The maximum Gasteiger partial charge on any atom is 0.221 e. The SMILES string of the molecule is CC1(C)CC(O)=CC2(C1)Oc1ccc(Br)cc1C1CC(c3ccc(F)cc3)=NN12. The molecule has 3 aliphatic rings. The van der Waals surface area contributed by atoms with Gasteiger partial charge in [0.2, 0.25) is 5.72 Å². The second-order valence-electron chi connectivity index (χ2n) is 8.90. The number of rotatable bonds is 1. The van der Waals surface area contributed by atoms with E-state index in [2.05, 4.69) is 35.8 Å². The molecule has 0 bridgehead atoms. The highest BCUT2D eigenvalue weighted by Crippen LogP contribution is 2.53. The van der Waals surface area contributed by atoms with E-state index in [9.17, 15) is 9.50 Å². The average Bonchev–Trinajstić information content (AvgIpc) is 3.08. The molecule has 1 spiro atoms. The fourth-order valence-electron chi connectivity index (χ4n) is 4.84. The second kappa shape index (κ2) is 6.33. The maximum atomic E-state index is 13.4. The summed E-state index contributed by atoms with van der Waals surface area (Å²) in [5, 5.41) is 17.5. The number of halogens is 2. The van der Waals surface area contributed by atoms with Gasteiger partial charge in [-0.3, -0.25) is 0 Å². The van der Waals surface area contributed by atoms with Gasteiger partial charge in [0, 0.05) is 35.4 Å². The molecule has 0 amide bonds. The molecule has 0 saturated heterocycles.